The molecule has 0 bridgehead atoms. The summed E-state index contributed by atoms with van der Waals surface area (Å²) in [4.78, 5) is 10.2. The summed E-state index contributed by atoms with van der Waals surface area (Å²) in [5, 5.41) is 0. The average molecular weight is 290 g/mol. The van der Waals surface area contributed by atoms with Gasteiger partial charge < -0.3 is 4.74 Å². The molecule has 0 unspecified atom stereocenters. The first kappa shape index (κ1) is 16.6. The highest BCUT2D eigenvalue weighted by molar-refractivity contribution is 5.81. The Hall–Kier alpha value is -1.42. The van der Waals surface area contributed by atoms with Crippen molar-refractivity contribution in [1.29, 1.82) is 0 Å². The Morgan fingerprint density at radius 3 is 1.44 bits per heavy atom. The molecule has 0 radical (unpaired) electrons. The lowest BCUT2D eigenvalue weighted by Gasteiger charge is -2.34. The quantitative estimate of drug-likeness (QED) is 0.453. The summed E-state index contributed by atoms with van der Waals surface area (Å²) in [7, 11) is 0. The zero-order valence-electron chi connectivity index (χ0n) is 8.00. The first-order chi connectivity index (χ1) is 7.70. The number of rotatable bonds is 3. The minimum absolute atomic E-state index is 0.152. The Balaban J connectivity index is 5.75. The van der Waals surface area contributed by atoms with Gasteiger partial charge in [-0.2, -0.15) is 35.1 Å². The molecule has 0 amide bonds. The number of hydrogen-bond donors (Lipinski definition) is 0. The van der Waals surface area contributed by atoms with E-state index in [2.05, 4.69) is 11.3 Å². The van der Waals surface area contributed by atoms with Gasteiger partial charge in [0.15, 0.2) is 0 Å². The molecule has 0 aromatic rings. The molecule has 0 rings (SSSR count). The van der Waals surface area contributed by atoms with E-state index in [4.69, 9.17) is 0 Å². The first-order valence-electron chi connectivity index (χ1n) is 3.76. The third-order valence-corrected chi connectivity index (χ3v) is 1.58. The van der Waals surface area contributed by atoms with Gasteiger partial charge in [-0.05, 0) is 0 Å². The van der Waals surface area contributed by atoms with Gasteiger partial charge >= 0.3 is 30.1 Å². The minimum Gasteiger partial charge on any atom is -0.395 e. The third kappa shape index (κ3) is 2.53. The molecule has 2 nitrogen and oxygen atoms in total. The highest BCUT2D eigenvalue weighted by Gasteiger charge is 2.86. The zero-order chi connectivity index (χ0) is 15.0. The van der Waals surface area contributed by atoms with Crippen molar-refractivity contribution in [2.24, 2.45) is 0 Å². The Morgan fingerprint density at radius 2 is 1.22 bits per heavy atom. The Morgan fingerprint density at radius 1 is 0.889 bits per heavy atom. The van der Waals surface area contributed by atoms with E-state index < -0.39 is 30.1 Å². The standard InChI is InChI=1S/C7H3F9O2/c1-2-3(17)18-7(15,16)4(8,5(9,10)11)6(12,13)14/h2H,1H2. The Labute approximate surface area is 93.0 Å². The highest BCUT2D eigenvalue weighted by Crippen LogP contribution is 2.54. The summed E-state index contributed by atoms with van der Waals surface area (Å²) in [5.74, 6) is -2.35. The molecule has 11 heteroatoms. The molecule has 0 saturated carbocycles. The molecule has 0 aliphatic heterocycles. The molecule has 0 aromatic heterocycles. The van der Waals surface area contributed by atoms with Crippen LogP contribution in [0.2, 0.25) is 0 Å². The number of ether oxygens (including phenoxy) is 1. The van der Waals surface area contributed by atoms with Crippen LogP contribution in [0.4, 0.5) is 39.5 Å². The maximum absolute atomic E-state index is 12.8. The van der Waals surface area contributed by atoms with E-state index in [1.54, 1.807) is 0 Å². The molecular formula is C7H3F9O2. The van der Waals surface area contributed by atoms with Crippen molar-refractivity contribution < 1.29 is 49.0 Å². The lowest BCUT2D eigenvalue weighted by atomic mass is 10.0. The molecule has 0 heterocycles. The van der Waals surface area contributed by atoms with E-state index in [1.165, 1.54) is 0 Å². The predicted molar refractivity (Wildman–Crippen MR) is 37.2 cm³/mol. The van der Waals surface area contributed by atoms with E-state index in [9.17, 15) is 44.3 Å². The van der Waals surface area contributed by atoms with Crippen LogP contribution in [0.15, 0.2) is 12.7 Å². The average Bonchev–Trinajstić information content (AvgIpc) is 2.11. The largest absolute Gasteiger partial charge is 0.454 e. The molecule has 0 fully saturated rings. The van der Waals surface area contributed by atoms with E-state index in [0.29, 0.717) is 0 Å². The third-order valence-electron chi connectivity index (χ3n) is 1.58. The van der Waals surface area contributed by atoms with Crippen LogP contribution in [0.1, 0.15) is 0 Å². The van der Waals surface area contributed by atoms with E-state index in [-0.39, 0.29) is 6.08 Å². The van der Waals surface area contributed by atoms with Gasteiger partial charge in [-0.15, -0.1) is 0 Å². The van der Waals surface area contributed by atoms with Crippen molar-refractivity contribution in [2.45, 2.75) is 24.1 Å². The van der Waals surface area contributed by atoms with Gasteiger partial charge in [-0.1, -0.05) is 6.58 Å². The van der Waals surface area contributed by atoms with Crippen LogP contribution in [0.5, 0.6) is 0 Å². The number of carbonyl (C=O) groups is 1. The second-order valence-corrected chi connectivity index (χ2v) is 2.80. The fourth-order valence-corrected chi connectivity index (χ4v) is 0.729. The van der Waals surface area contributed by atoms with Crippen LogP contribution < -0.4 is 0 Å². The van der Waals surface area contributed by atoms with Crippen LogP contribution in [0, 0.1) is 0 Å². The molecule has 106 valence electrons. The lowest BCUT2D eigenvalue weighted by Crippen LogP contribution is -2.65. The van der Waals surface area contributed by atoms with Gasteiger partial charge in [0.05, 0.1) is 0 Å². The monoisotopic (exact) mass is 290 g/mol. The van der Waals surface area contributed by atoms with Crippen LogP contribution in [0.3, 0.4) is 0 Å². The Bertz CT molecular complexity index is 326. The molecule has 0 aliphatic carbocycles. The minimum atomic E-state index is -7.05. The van der Waals surface area contributed by atoms with Crippen LogP contribution in [0.25, 0.3) is 0 Å². The van der Waals surface area contributed by atoms with Gasteiger partial charge in [0, 0.05) is 6.08 Å². The fourth-order valence-electron chi connectivity index (χ4n) is 0.729. The summed E-state index contributed by atoms with van der Waals surface area (Å²) in [5.41, 5.74) is -7.02. The number of alkyl halides is 9. The van der Waals surface area contributed by atoms with Crippen LogP contribution >= 0.6 is 0 Å². The number of esters is 1. The topological polar surface area (TPSA) is 26.3 Å². The van der Waals surface area contributed by atoms with Crippen LogP contribution in [-0.2, 0) is 9.53 Å². The second kappa shape index (κ2) is 4.35. The molecule has 0 spiro atoms. The maximum Gasteiger partial charge on any atom is 0.454 e. The van der Waals surface area contributed by atoms with Crippen molar-refractivity contribution in [1.82, 2.24) is 0 Å². The number of hydrogen-bond acceptors (Lipinski definition) is 2. The number of carbonyl (C=O) groups excluding carboxylic acids is 1. The van der Waals surface area contributed by atoms with Gasteiger partial charge in [0.2, 0.25) is 0 Å². The molecule has 0 aromatic carbocycles. The van der Waals surface area contributed by atoms with Crippen LogP contribution in [-0.4, -0.2) is 30.1 Å². The molecular weight excluding hydrogens is 287 g/mol. The van der Waals surface area contributed by atoms with Gasteiger partial charge in [-0.25, -0.2) is 9.18 Å². The summed E-state index contributed by atoms with van der Waals surface area (Å²) in [6, 6.07) is 0. The second-order valence-electron chi connectivity index (χ2n) is 2.80. The lowest BCUT2D eigenvalue weighted by molar-refractivity contribution is -0.439. The molecule has 0 aliphatic rings. The van der Waals surface area contributed by atoms with Gasteiger partial charge in [0.25, 0.3) is 0 Å². The van der Waals surface area contributed by atoms with Crippen molar-refractivity contribution in [2.75, 3.05) is 0 Å². The zero-order valence-corrected chi connectivity index (χ0v) is 8.00. The molecule has 0 N–H and O–H groups in total. The predicted octanol–water partition coefficient (Wildman–Crippen LogP) is 3.14. The van der Waals surface area contributed by atoms with Crippen molar-refractivity contribution >= 4 is 5.97 Å². The smallest absolute Gasteiger partial charge is 0.395 e. The summed E-state index contributed by atoms with van der Waals surface area (Å²) < 4.78 is 112. The Kier molecular flexibility index (Phi) is 4.01. The SMILES string of the molecule is C=CC(=O)OC(F)(F)C(F)(C(F)(F)F)C(F)(F)F. The summed E-state index contributed by atoms with van der Waals surface area (Å²) >= 11 is 0. The van der Waals surface area contributed by atoms with Gasteiger partial charge in [-0.3, -0.25) is 0 Å². The molecule has 18 heavy (non-hydrogen) atoms. The summed E-state index contributed by atoms with van der Waals surface area (Å²) in [6.45, 7) is 2.46. The summed E-state index contributed by atoms with van der Waals surface area (Å²) in [6.07, 6.45) is -20.7. The van der Waals surface area contributed by atoms with Crippen molar-refractivity contribution in [3.05, 3.63) is 12.7 Å². The molecule has 0 atom stereocenters. The highest BCUT2D eigenvalue weighted by atomic mass is 19.4. The van der Waals surface area contributed by atoms with Crippen molar-refractivity contribution in [3.63, 3.8) is 0 Å². The normalized spacial score (nSPS) is 14.3. The van der Waals surface area contributed by atoms with Crippen molar-refractivity contribution in [3.8, 4) is 0 Å². The maximum atomic E-state index is 12.8. The van der Waals surface area contributed by atoms with Gasteiger partial charge in [0.1, 0.15) is 0 Å². The molecule has 0 saturated heterocycles. The van der Waals surface area contributed by atoms with E-state index in [1.807, 2.05) is 0 Å². The van der Waals surface area contributed by atoms with E-state index >= 15 is 0 Å². The fraction of sp³-hybridized carbons (Fsp3) is 0.571. The number of halogens is 9. The first-order valence-corrected chi connectivity index (χ1v) is 3.76. The van der Waals surface area contributed by atoms with E-state index in [0.717, 1.165) is 0 Å².